The highest BCUT2D eigenvalue weighted by Gasteiger charge is 2.17. The van der Waals surface area contributed by atoms with Gasteiger partial charge >= 0.3 is 0 Å². The maximum atomic E-state index is 2.41. The Hall–Kier alpha value is -5.60. The van der Waals surface area contributed by atoms with Crippen molar-refractivity contribution in [1.82, 2.24) is 9.13 Å². The molecule has 7 aromatic carbocycles. The SMILES string of the molecule is c1ccc(-n2c3ccccc3c3ccc4c(ccn4-c4cccc(-c5ccc6c(ccc7ccccc76)c5)c4)c32)cc1. The van der Waals surface area contributed by atoms with Crippen molar-refractivity contribution in [1.29, 1.82) is 0 Å². The van der Waals surface area contributed by atoms with Crippen molar-refractivity contribution in [3.05, 3.63) is 158 Å². The number of benzene rings is 7. The summed E-state index contributed by atoms with van der Waals surface area (Å²) in [7, 11) is 0. The molecule has 0 saturated heterocycles. The molecule has 0 aliphatic rings. The molecule has 0 aliphatic heterocycles. The second-order valence-corrected chi connectivity index (χ2v) is 11.0. The van der Waals surface area contributed by atoms with Gasteiger partial charge in [-0.05, 0) is 81.2 Å². The van der Waals surface area contributed by atoms with Gasteiger partial charge in [0, 0.05) is 33.7 Å². The highest BCUT2D eigenvalue weighted by atomic mass is 15.0. The van der Waals surface area contributed by atoms with Crippen molar-refractivity contribution in [3.63, 3.8) is 0 Å². The predicted octanol–water partition coefficient (Wildman–Crippen LogP) is 10.7. The topological polar surface area (TPSA) is 9.86 Å². The fraction of sp³-hybridized carbons (Fsp3) is 0. The molecule has 0 N–H and O–H groups in total. The van der Waals surface area contributed by atoms with E-state index in [4.69, 9.17) is 0 Å². The van der Waals surface area contributed by atoms with Gasteiger partial charge in [-0.25, -0.2) is 0 Å². The van der Waals surface area contributed by atoms with E-state index in [1.807, 2.05) is 0 Å². The van der Waals surface area contributed by atoms with Gasteiger partial charge in [0.25, 0.3) is 0 Å². The molecule has 2 aromatic heterocycles. The zero-order valence-corrected chi connectivity index (χ0v) is 22.9. The van der Waals surface area contributed by atoms with Crippen LogP contribution < -0.4 is 0 Å². The Morgan fingerprint density at radius 2 is 1.07 bits per heavy atom. The minimum atomic E-state index is 1.16. The van der Waals surface area contributed by atoms with E-state index in [1.165, 1.54) is 71.1 Å². The summed E-state index contributed by atoms with van der Waals surface area (Å²) in [6.07, 6.45) is 2.21. The molecule has 0 saturated carbocycles. The summed E-state index contributed by atoms with van der Waals surface area (Å²) in [5, 5.41) is 8.93. The maximum absolute atomic E-state index is 2.41. The first-order valence-corrected chi connectivity index (χ1v) is 14.4. The van der Waals surface area contributed by atoms with Crippen molar-refractivity contribution in [2.24, 2.45) is 0 Å². The van der Waals surface area contributed by atoms with Crippen molar-refractivity contribution in [3.8, 4) is 22.5 Å². The molecule has 42 heavy (non-hydrogen) atoms. The molecule has 9 aromatic rings. The molecule has 0 atom stereocenters. The van der Waals surface area contributed by atoms with Crippen molar-refractivity contribution in [2.45, 2.75) is 0 Å². The molecule has 196 valence electrons. The smallest absolute Gasteiger partial charge is 0.0635 e. The van der Waals surface area contributed by atoms with Crippen LogP contribution in [0, 0.1) is 0 Å². The second kappa shape index (κ2) is 8.95. The molecule has 9 rings (SSSR count). The Morgan fingerprint density at radius 3 is 2.00 bits per heavy atom. The molecule has 2 nitrogen and oxygen atoms in total. The van der Waals surface area contributed by atoms with E-state index in [-0.39, 0.29) is 0 Å². The lowest BCUT2D eigenvalue weighted by molar-refractivity contribution is 1.13. The van der Waals surface area contributed by atoms with Crippen LogP contribution >= 0.6 is 0 Å². The van der Waals surface area contributed by atoms with Crippen molar-refractivity contribution >= 4 is 54.3 Å². The Balaban J connectivity index is 1.22. The van der Waals surface area contributed by atoms with Gasteiger partial charge in [0.05, 0.1) is 16.6 Å². The van der Waals surface area contributed by atoms with Crippen LogP contribution in [0.3, 0.4) is 0 Å². The summed E-state index contributed by atoms with van der Waals surface area (Å²) >= 11 is 0. The van der Waals surface area contributed by atoms with Crippen LogP contribution in [0.5, 0.6) is 0 Å². The zero-order chi connectivity index (χ0) is 27.6. The normalized spacial score (nSPS) is 11.8. The van der Waals surface area contributed by atoms with Crippen LogP contribution in [0.4, 0.5) is 0 Å². The highest BCUT2D eigenvalue weighted by molar-refractivity contribution is 6.18. The minimum absolute atomic E-state index is 1.16. The molecular weight excluding hydrogens is 508 g/mol. The van der Waals surface area contributed by atoms with Gasteiger partial charge in [-0.15, -0.1) is 0 Å². The molecular formula is C40H26N2. The lowest BCUT2D eigenvalue weighted by atomic mass is 9.97. The number of fused-ring (bicyclic) bond motifs is 8. The molecule has 0 spiro atoms. The monoisotopic (exact) mass is 534 g/mol. The Bertz CT molecular complexity index is 2460. The largest absolute Gasteiger partial charge is 0.316 e. The Morgan fingerprint density at radius 1 is 0.357 bits per heavy atom. The summed E-state index contributed by atoms with van der Waals surface area (Å²) in [5.74, 6) is 0. The van der Waals surface area contributed by atoms with E-state index in [0.29, 0.717) is 0 Å². The lowest BCUT2D eigenvalue weighted by Gasteiger charge is -2.11. The predicted molar refractivity (Wildman–Crippen MR) is 178 cm³/mol. The van der Waals surface area contributed by atoms with Crippen molar-refractivity contribution in [2.75, 3.05) is 0 Å². The fourth-order valence-corrected chi connectivity index (χ4v) is 6.77. The third-order valence-corrected chi connectivity index (χ3v) is 8.72. The van der Waals surface area contributed by atoms with Gasteiger partial charge in [-0.1, -0.05) is 103 Å². The third-order valence-electron chi connectivity index (χ3n) is 8.72. The van der Waals surface area contributed by atoms with E-state index in [0.717, 1.165) is 5.69 Å². The van der Waals surface area contributed by atoms with Gasteiger partial charge in [0.1, 0.15) is 0 Å². The quantitative estimate of drug-likeness (QED) is 0.200. The standard InChI is InChI=1S/C40H26N2/c1-2-11-31(12-3-1)42-39-16-7-6-15-35(39)36-21-22-38-37(40(36)42)23-24-41(38)32-13-8-10-28(26-32)29-19-20-34-30(25-29)18-17-27-9-4-5-14-33(27)34/h1-26H. The molecule has 0 radical (unpaired) electrons. The average molecular weight is 535 g/mol. The summed E-state index contributed by atoms with van der Waals surface area (Å²) in [4.78, 5) is 0. The molecule has 0 bridgehead atoms. The molecule has 2 heteroatoms. The number of nitrogens with zero attached hydrogens (tertiary/aromatic N) is 2. The maximum Gasteiger partial charge on any atom is 0.0635 e. The van der Waals surface area contributed by atoms with E-state index in [9.17, 15) is 0 Å². The van der Waals surface area contributed by atoms with Crippen LogP contribution in [0.15, 0.2) is 158 Å². The fourth-order valence-electron chi connectivity index (χ4n) is 6.77. The second-order valence-electron chi connectivity index (χ2n) is 11.0. The van der Waals surface area contributed by atoms with E-state index >= 15 is 0 Å². The van der Waals surface area contributed by atoms with E-state index < -0.39 is 0 Å². The van der Waals surface area contributed by atoms with Crippen LogP contribution in [0.2, 0.25) is 0 Å². The van der Waals surface area contributed by atoms with Gasteiger partial charge in [0.15, 0.2) is 0 Å². The molecule has 2 heterocycles. The van der Waals surface area contributed by atoms with E-state index in [1.54, 1.807) is 0 Å². The van der Waals surface area contributed by atoms with Gasteiger partial charge in [-0.3, -0.25) is 0 Å². The van der Waals surface area contributed by atoms with Crippen LogP contribution in [-0.4, -0.2) is 9.13 Å². The van der Waals surface area contributed by atoms with Gasteiger partial charge in [-0.2, -0.15) is 0 Å². The first kappa shape index (κ1) is 23.1. The van der Waals surface area contributed by atoms with Gasteiger partial charge < -0.3 is 9.13 Å². The number of para-hydroxylation sites is 2. The third kappa shape index (κ3) is 3.39. The number of hydrogen-bond acceptors (Lipinski definition) is 0. The summed E-state index contributed by atoms with van der Waals surface area (Å²) in [5.41, 5.74) is 8.44. The first-order chi connectivity index (χ1) is 20.8. The average Bonchev–Trinajstić information content (AvgIpc) is 3.64. The van der Waals surface area contributed by atoms with Crippen LogP contribution in [-0.2, 0) is 0 Å². The Labute approximate surface area is 243 Å². The lowest BCUT2D eigenvalue weighted by Crippen LogP contribution is -1.95. The van der Waals surface area contributed by atoms with Crippen molar-refractivity contribution < 1.29 is 0 Å². The number of rotatable bonds is 3. The Kier molecular flexibility index (Phi) is 4.93. The zero-order valence-electron chi connectivity index (χ0n) is 22.9. The summed E-state index contributed by atoms with van der Waals surface area (Å²) in [6.45, 7) is 0. The molecule has 0 aliphatic carbocycles. The molecule has 0 fully saturated rings. The van der Waals surface area contributed by atoms with E-state index in [2.05, 4.69) is 167 Å². The number of hydrogen-bond donors (Lipinski definition) is 0. The van der Waals surface area contributed by atoms with Crippen LogP contribution in [0.1, 0.15) is 0 Å². The molecule has 0 unspecified atom stereocenters. The highest BCUT2D eigenvalue weighted by Crippen LogP contribution is 2.38. The summed E-state index contributed by atoms with van der Waals surface area (Å²) < 4.78 is 4.73. The number of aromatic nitrogens is 2. The molecule has 0 amide bonds. The van der Waals surface area contributed by atoms with Gasteiger partial charge in [0.2, 0.25) is 0 Å². The van der Waals surface area contributed by atoms with Crippen LogP contribution in [0.25, 0.3) is 76.8 Å². The first-order valence-electron chi connectivity index (χ1n) is 14.4. The minimum Gasteiger partial charge on any atom is -0.316 e. The summed E-state index contributed by atoms with van der Waals surface area (Å²) in [6, 6.07) is 55.0.